The number of hydrogen-bond acceptors (Lipinski definition) is 6. The molecule has 2 heterocycles. The zero-order valence-electron chi connectivity index (χ0n) is 19.2. The fourth-order valence-corrected chi connectivity index (χ4v) is 4.36. The van der Waals surface area contributed by atoms with Crippen LogP contribution in [0.15, 0.2) is 109 Å². The number of aromatic nitrogens is 4. The fourth-order valence-electron chi connectivity index (χ4n) is 4.36. The summed E-state index contributed by atoms with van der Waals surface area (Å²) in [4.78, 5) is 19.0. The van der Waals surface area contributed by atoms with E-state index in [1.165, 1.54) is 0 Å². The van der Waals surface area contributed by atoms with Gasteiger partial charge in [-0.15, -0.1) is 0 Å². The van der Waals surface area contributed by atoms with Crippen molar-refractivity contribution in [3.63, 3.8) is 0 Å². The second-order valence-corrected chi connectivity index (χ2v) is 8.52. The number of benzene rings is 4. The first-order chi connectivity index (χ1) is 17.7. The normalized spacial score (nSPS) is 13.1. The number of hydrogen-bond donors (Lipinski definition) is 2. The molecule has 36 heavy (non-hydrogen) atoms. The van der Waals surface area contributed by atoms with Crippen molar-refractivity contribution in [2.45, 2.75) is 12.2 Å². The Hall–Kier alpha value is -4.52. The van der Waals surface area contributed by atoms with Gasteiger partial charge in [-0.05, 0) is 23.3 Å². The molecule has 6 aromatic rings. The maximum Gasteiger partial charge on any atom is 0.162 e. The van der Waals surface area contributed by atoms with Crippen LogP contribution in [0, 0.1) is 0 Å². The highest BCUT2D eigenvalue weighted by molar-refractivity contribution is 6.00. The first kappa shape index (κ1) is 22.0. The van der Waals surface area contributed by atoms with Crippen molar-refractivity contribution in [3.05, 3.63) is 132 Å². The van der Waals surface area contributed by atoms with Gasteiger partial charge in [0.1, 0.15) is 23.6 Å². The Labute approximate surface area is 207 Å². The largest absolute Gasteiger partial charge is 0.380 e. The second kappa shape index (κ2) is 9.26. The van der Waals surface area contributed by atoms with Gasteiger partial charge in [-0.2, -0.15) is 0 Å². The Balaban J connectivity index is 1.60. The predicted octanol–water partition coefficient (Wildman–Crippen LogP) is 5.40. The monoisotopic (exact) mass is 470 g/mol. The Kier molecular flexibility index (Phi) is 5.65. The lowest BCUT2D eigenvalue weighted by Gasteiger charge is -2.16. The van der Waals surface area contributed by atoms with Crippen molar-refractivity contribution in [2.24, 2.45) is 0 Å². The maximum absolute atomic E-state index is 11.1. The molecule has 2 N–H and O–H groups in total. The van der Waals surface area contributed by atoms with Gasteiger partial charge in [0.05, 0.1) is 11.0 Å². The van der Waals surface area contributed by atoms with E-state index in [1.807, 2.05) is 109 Å². The molecule has 0 aliphatic rings. The van der Waals surface area contributed by atoms with Crippen molar-refractivity contribution in [2.75, 3.05) is 0 Å². The molecule has 174 valence electrons. The molecule has 0 unspecified atom stereocenters. The highest BCUT2D eigenvalue weighted by Gasteiger charge is 2.22. The van der Waals surface area contributed by atoms with Crippen LogP contribution in [0.2, 0.25) is 0 Å². The van der Waals surface area contributed by atoms with Crippen molar-refractivity contribution in [3.8, 4) is 11.4 Å². The van der Waals surface area contributed by atoms with E-state index in [0.29, 0.717) is 33.5 Å². The van der Waals surface area contributed by atoms with E-state index in [9.17, 15) is 10.2 Å². The van der Waals surface area contributed by atoms with Crippen LogP contribution in [0.5, 0.6) is 0 Å². The summed E-state index contributed by atoms with van der Waals surface area (Å²) < 4.78 is 0. The third-order valence-corrected chi connectivity index (χ3v) is 6.19. The fraction of sp³-hybridized carbons (Fsp3) is 0.0667. The predicted molar refractivity (Wildman–Crippen MR) is 139 cm³/mol. The molecule has 2 atom stereocenters. The Morgan fingerprint density at radius 3 is 1.19 bits per heavy atom. The van der Waals surface area contributed by atoms with Gasteiger partial charge < -0.3 is 10.2 Å². The van der Waals surface area contributed by atoms with Crippen LogP contribution in [0.3, 0.4) is 0 Å². The minimum Gasteiger partial charge on any atom is -0.380 e. The molecule has 0 aliphatic heterocycles. The number of rotatable bonds is 5. The number of nitrogens with zero attached hydrogens (tertiary/aromatic N) is 4. The second-order valence-electron chi connectivity index (χ2n) is 8.52. The average Bonchev–Trinajstić information content (AvgIpc) is 2.96. The summed E-state index contributed by atoms with van der Waals surface area (Å²) >= 11 is 0. The van der Waals surface area contributed by atoms with E-state index >= 15 is 0 Å². The molecule has 0 aliphatic carbocycles. The van der Waals surface area contributed by atoms with Gasteiger partial charge in [-0.1, -0.05) is 97.1 Å². The van der Waals surface area contributed by atoms with E-state index < -0.39 is 12.2 Å². The standard InChI is InChI=1S/C30H22N4O2/c35-27(19-11-3-1-4-12-19)29-31-23-17-9-7-15-21(23)25(33-29)26-22-16-8-10-18-24(22)32-30(34-26)28(36)20-13-5-2-6-14-20/h1-18,27-28,35-36H/t27-,28-/m0/s1. The summed E-state index contributed by atoms with van der Waals surface area (Å²) in [6.07, 6.45) is -2.01. The topological polar surface area (TPSA) is 92.0 Å². The molecular weight excluding hydrogens is 448 g/mol. The van der Waals surface area contributed by atoms with Gasteiger partial charge in [-0.3, -0.25) is 0 Å². The Morgan fingerprint density at radius 1 is 0.417 bits per heavy atom. The molecule has 6 heteroatoms. The SMILES string of the molecule is O[C@@H](c1ccccc1)c1nc(-c2nc([C@@H](O)c3ccccc3)nc3ccccc23)c2ccccc2n1. The molecular formula is C30H22N4O2. The molecule has 0 bridgehead atoms. The maximum atomic E-state index is 11.1. The van der Waals surface area contributed by atoms with Crippen molar-refractivity contribution in [1.82, 2.24) is 19.9 Å². The number of fused-ring (bicyclic) bond motifs is 2. The summed E-state index contributed by atoms with van der Waals surface area (Å²) in [6, 6.07) is 34.0. The van der Waals surface area contributed by atoms with Crippen molar-refractivity contribution < 1.29 is 10.2 Å². The number of aliphatic hydroxyl groups is 2. The van der Waals surface area contributed by atoms with Crippen molar-refractivity contribution >= 4 is 21.8 Å². The molecule has 0 saturated carbocycles. The molecule has 0 saturated heterocycles. The van der Waals surface area contributed by atoms with Gasteiger partial charge in [0.2, 0.25) is 0 Å². The van der Waals surface area contributed by atoms with E-state index in [2.05, 4.69) is 9.97 Å². The van der Waals surface area contributed by atoms with E-state index in [1.54, 1.807) is 0 Å². The first-order valence-electron chi connectivity index (χ1n) is 11.7. The minimum absolute atomic E-state index is 0.280. The number of para-hydroxylation sites is 2. The Morgan fingerprint density at radius 2 is 0.778 bits per heavy atom. The lowest BCUT2D eigenvalue weighted by molar-refractivity contribution is 0.210. The van der Waals surface area contributed by atoms with Gasteiger partial charge in [-0.25, -0.2) is 19.9 Å². The summed E-state index contributed by atoms with van der Waals surface area (Å²) in [7, 11) is 0. The summed E-state index contributed by atoms with van der Waals surface area (Å²) in [5.74, 6) is 0.561. The molecule has 0 amide bonds. The zero-order valence-corrected chi connectivity index (χ0v) is 19.2. The smallest absolute Gasteiger partial charge is 0.162 e. The van der Waals surface area contributed by atoms with Gasteiger partial charge in [0.25, 0.3) is 0 Å². The van der Waals surface area contributed by atoms with Crippen LogP contribution in [0.4, 0.5) is 0 Å². The quantitative estimate of drug-likeness (QED) is 0.350. The van der Waals surface area contributed by atoms with Crippen LogP contribution in [0.1, 0.15) is 35.0 Å². The van der Waals surface area contributed by atoms with Gasteiger partial charge >= 0.3 is 0 Å². The van der Waals surface area contributed by atoms with Crippen LogP contribution in [-0.2, 0) is 0 Å². The third-order valence-electron chi connectivity index (χ3n) is 6.19. The lowest BCUT2D eigenvalue weighted by atomic mass is 10.0. The average molecular weight is 471 g/mol. The van der Waals surface area contributed by atoms with E-state index in [4.69, 9.17) is 9.97 Å². The number of aliphatic hydroxyl groups excluding tert-OH is 2. The summed E-state index contributed by atoms with van der Waals surface area (Å²) in [6.45, 7) is 0. The van der Waals surface area contributed by atoms with E-state index in [-0.39, 0.29) is 11.6 Å². The highest BCUT2D eigenvalue weighted by Crippen LogP contribution is 2.33. The minimum atomic E-state index is -1.00. The molecule has 0 spiro atoms. The molecule has 6 nitrogen and oxygen atoms in total. The summed E-state index contributed by atoms with van der Waals surface area (Å²) in [5, 5.41) is 23.9. The van der Waals surface area contributed by atoms with Crippen LogP contribution in [-0.4, -0.2) is 30.1 Å². The highest BCUT2D eigenvalue weighted by atomic mass is 16.3. The molecule has 0 fully saturated rings. The first-order valence-corrected chi connectivity index (χ1v) is 11.7. The third kappa shape index (κ3) is 3.98. The molecule has 6 rings (SSSR count). The zero-order chi connectivity index (χ0) is 24.5. The van der Waals surface area contributed by atoms with Gasteiger partial charge in [0.15, 0.2) is 11.6 Å². The summed E-state index contributed by atoms with van der Waals surface area (Å²) in [5.41, 5.74) is 3.94. The Bertz CT molecular complexity index is 1550. The van der Waals surface area contributed by atoms with E-state index in [0.717, 1.165) is 10.8 Å². The molecule has 0 radical (unpaired) electrons. The molecule has 2 aromatic heterocycles. The van der Waals surface area contributed by atoms with Crippen molar-refractivity contribution in [1.29, 1.82) is 0 Å². The van der Waals surface area contributed by atoms with Crippen LogP contribution in [0.25, 0.3) is 33.2 Å². The van der Waals surface area contributed by atoms with Crippen LogP contribution < -0.4 is 0 Å². The molecule has 4 aromatic carbocycles. The lowest BCUT2D eigenvalue weighted by Crippen LogP contribution is -2.10. The van der Waals surface area contributed by atoms with Gasteiger partial charge in [0, 0.05) is 10.8 Å². The van der Waals surface area contributed by atoms with Crippen LogP contribution >= 0.6 is 0 Å².